The maximum atomic E-state index is 11.6. The van der Waals surface area contributed by atoms with Crippen molar-refractivity contribution in [2.24, 2.45) is 5.14 Å². The molecule has 0 aliphatic carbocycles. The Morgan fingerprint density at radius 3 is 2.26 bits per heavy atom. The van der Waals surface area contributed by atoms with Crippen molar-refractivity contribution in [3.05, 3.63) is 29.8 Å². The summed E-state index contributed by atoms with van der Waals surface area (Å²) in [7, 11) is -2.05. The van der Waals surface area contributed by atoms with E-state index in [9.17, 15) is 13.2 Å². The zero-order valence-corrected chi connectivity index (χ0v) is 11.9. The lowest BCUT2D eigenvalue weighted by Gasteiger charge is -2.23. The molecule has 0 fully saturated rings. The fraction of sp³-hybridized carbons (Fsp3) is 0.308. The number of rotatable bonds is 3. The second kappa shape index (κ2) is 5.87. The second-order valence-corrected chi connectivity index (χ2v) is 5.64. The normalized spacial score (nSPS) is 12.2. The molecule has 1 rings (SSSR count). The first kappa shape index (κ1) is 15.2. The van der Waals surface area contributed by atoms with Crippen LogP contribution in [0.25, 0.3) is 0 Å². The van der Waals surface area contributed by atoms with Gasteiger partial charge in [0.1, 0.15) is 0 Å². The average molecular weight is 280 g/mol. The van der Waals surface area contributed by atoms with Crippen LogP contribution in [0.4, 0.5) is 0 Å². The molecule has 1 amide bonds. The van der Waals surface area contributed by atoms with Gasteiger partial charge in [0.25, 0.3) is 5.91 Å². The van der Waals surface area contributed by atoms with Crippen LogP contribution in [0.15, 0.2) is 29.2 Å². The number of sulfonamides is 1. The Bertz CT molecular complexity index is 624. The minimum Gasteiger partial charge on any atom is -0.328 e. The van der Waals surface area contributed by atoms with E-state index in [0.29, 0.717) is 0 Å². The van der Waals surface area contributed by atoms with Crippen molar-refractivity contribution in [2.45, 2.75) is 24.8 Å². The highest BCUT2D eigenvalue weighted by Crippen LogP contribution is 2.20. The summed E-state index contributed by atoms with van der Waals surface area (Å²) in [5.41, 5.74) is 0.807. The topological polar surface area (TPSA) is 80.5 Å². The highest BCUT2D eigenvalue weighted by atomic mass is 32.2. The first-order valence-electron chi connectivity index (χ1n) is 5.59. The third-order valence-electron chi connectivity index (χ3n) is 2.82. The molecular formula is C13H16N2O3S. The molecule has 0 aliphatic rings. The van der Waals surface area contributed by atoms with E-state index < -0.39 is 10.0 Å². The van der Waals surface area contributed by atoms with Gasteiger partial charge in [0.05, 0.1) is 10.9 Å². The standard InChI is InChI=1S/C13H16N2O3S/c1-4-5-13(16)15(3)10(2)11-6-8-12(9-7-11)19(14,17)18/h6-10H,1-3H3,(H2,14,17,18). The molecule has 0 aliphatic heterocycles. The molecule has 0 bridgehead atoms. The van der Waals surface area contributed by atoms with E-state index in [2.05, 4.69) is 11.8 Å². The lowest BCUT2D eigenvalue weighted by Crippen LogP contribution is -2.28. The van der Waals surface area contributed by atoms with Crippen LogP contribution in [-0.4, -0.2) is 26.3 Å². The van der Waals surface area contributed by atoms with E-state index >= 15 is 0 Å². The molecule has 0 saturated heterocycles. The monoisotopic (exact) mass is 280 g/mol. The van der Waals surface area contributed by atoms with Crippen molar-refractivity contribution in [3.63, 3.8) is 0 Å². The Labute approximate surface area is 113 Å². The molecule has 1 unspecified atom stereocenters. The van der Waals surface area contributed by atoms with E-state index in [-0.39, 0.29) is 16.8 Å². The van der Waals surface area contributed by atoms with Crippen LogP contribution in [-0.2, 0) is 14.8 Å². The number of hydrogen-bond donors (Lipinski definition) is 1. The van der Waals surface area contributed by atoms with Crippen molar-refractivity contribution in [1.82, 2.24) is 4.90 Å². The van der Waals surface area contributed by atoms with Crippen LogP contribution in [0, 0.1) is 11.8 Å². The van der Waals surface area contributed by atoms with Crippen LogP contribution >= 0.6 is 0 Å². The molecule has 0 heterocycles. The van der Waals surface area contributed by atoms with E-state index in [4.69, 9.17) is 5.14 Å². The van der Waals surface area contributed by atoms with Gasteiger partial charge in [-0.15, -0.1) is 0 Å². The molecule has 1 aromatic rings. The summed E-state index contributed by atoms with van der Waals surface area (Å²) in [5.74, 6) is 4.71. The summed E-state index contributed by atoms with van der Waals surface area (Å²) in [4.78, 5) is 13.2. The van der Waals surface area contributed by atoms with Crippen LogP contribution in [0.5, 0.6) is 0 Å². The predicted molar refractivity (Wildman–Crippen MR) is 72.5 cm³/mol. The van der Waals surface area contributed by atoms with Crippen LogP contribution < -0.4 is 5.14 Å². The summed E-state index contributed by atoms with van der Waals surface area (Å²) in [5, 5.41) is 5.02. The Hall–Kier alpha value is -1.84. The third kappa shape index (κ3) is 3.81. The van der Waals surface area contributed by atoms with Crippen molar-refractivity contribution >= 4 is 15.9 Å². The number of benzene rings is 1. The minimum absolute atomic E-state index is 0.0470. The zero-order chi connectivity index (χ0) is 14.6. The van der Waals surface area contributed by atoms with Crippen molar-refractivity contribution in [3.8, 4) is 11.8 Å². The van der Waals surface area contributed by atoms with E-state index in [1.165, 1.54) is 17.0 Å². The molecule has 0 radical (unpaired) electrons. The highest BCUT2D eigenvalue weighted by molar-refractivity contribution is 7.89. The van der Waals surface area contributed by atoms with Gasteiger partial charge in [-0.3, -0.25) is 4.79 Å². The van der Waals surface area contributed by atoms with Gasteiger partial charge in [-0.25, -0.2) is 13.6 Å². The van der Waals surface area contributed by atoms with E-state index in [1.807, 2.05) is 6.92 Å². The van der Waals surface area contributed by atoms with Gasteiger partial charge < -0.3 is 4.90 Å². The summed E-state index contributed by atoms with van der Waals surface area (Å²) in [6, 6.07) is 5.90. The minimum atomic E-state index is -3.69. The number of nitrogens with zero attached hydrogens (tertiary/aromatic N) is 1. The van der Waals surface area contributed by atoms with E-state index in [1.54, 1.807) is 26.1 Å². The number of primary sulfonamides is 1. The van der Waals surface area contributed by atoms with Gasteiger partial charge in [0.2, 0.25) is 10.0 Å². The summed E-state index contributed by atoms with van der Waals surface area (Å²) in [6.45, 7) is 3.43. The SMILES string of the molecule is CC#CC(=O)N(C)C(C)c1ccc(S(N)(=O)=O)cc1. The molecule has 102 valence electrons. The number of amides is 1. The van der Waals surface area contributed by atoms with Crippen molar-refractivity contribution in [2.75, 3.05) is 7.05 Å². The molecule has 2 N–H and O–H groups in total. The fourth-order valence-electron chi connectivity index (χ4n) is 1.53. The summed E-state index contributed by atoms with van der Waals surface area (Å²) < 4.78 is 22.3. The van der Waals surface area contributed by atoms with Gasteiger partial charge in [-0.1, -0.05) is 18.1 Å². The lowest BCUT2D eigenvalue weighted by atomic mass is 10.1. The van der Waals surface area contributed by atoms with Crippen LogP contribution in [0.3, 0.4) is 0 Å². The molecule has 5 nitrogen and oxygen atoms in total. The van der Waals surface area contributed by atoms with E-state index in [0.717, 1.165) is 5.56 Å². The van der Waals surface area contributed by atoms with Gasteiger partial charge in [-0.2, -0.15) is 0 Å². The van der Waals surface area contributed by atoms with Gasteiger partial charge in [0.15, 0.2) is 0 Å². The molecule has 1 aromatic carbocycles. The largest absolute Gasteiger partial charge is 0.328 e. The average Bonchev–Trinajstić information content (AvgIpc) is 2.36. The second-order valence-electron chi connectivity index (χ2n) is 4.08. The molecule has 0 aromatic heterocycles. The molecule has 0 saturated carbocycles. The summed E-state index contributed by atoms with van der Waals surface area (Å²) >= 11 is 0. The first-order chi connectivity index (χ1) is 8.77. The number of carbonyl (C=O) groups excluding carboxylic acids is 1. The number of hydrogen-bond acceptors (Lipinski definition) is 3. The van der Waals surface area contributed by atoms with Crippen LogP contribution in [0.1, 0.15) is 25.5 Å². The lowest BCUT2D eigenvalue weighted by molar-refractivity contribution is -0.125. The molecule has 1 atom stereocenters. The Kier molecular flexibility index (Phi) is 4.70. The van der Waals surface area contributed by atoms with Gasteiger partial charge in [0, 0.05) is 7.05 Å². The quantitative estimate of drug-likeness (QED) is 0.834. The maximum absolute atomic E-state index is 11.6. The smallest absolute Gasteiger partial charge is 0.298 e. The van der Waals surface area contributed by atoms with Crippen molar-refractivity contribution in [1.29, 1.82) is 0 Å². The van der Waals surface area contributed by atoms with Crippen molar-refractivity contribution < 1.29 is 13.2 Å². The number of carbonyl (C=O) groups is 1. The fourth-order valence-corrected chi connectivity index (χ4v) is 2.05. The zero-order valence-electron chi connectivity index (χ0n) is 11.0. The first-order valence-corrected chi connectivity index (χ1v) is 7.14. The predicted octanol–water partition coefficient (Wildman–Crippen LogP) is 0.877. The molecule has 6 heteroatoms. The molecule has 19 heavy (non-hydrogen) atoms. The molecular weight excluding hydrogens is 264 g/mol. The highest BCUT2D eigenvalue weighted by Gasteiger charge is 2.16. The van der Waals surface area contributed by atoms with Gasteiger partial charge >= 0.3 is 0 Å². The maximum Gasteiger partial charge on any atom is 0.298 e. The Morgan fingerprint density at radius 2 is 1.84 bits per heavy atom. The van der Waals surface area contributed by atoms with Gasteiger partial charge in [-0.05, 0) is 37.5 Å². The Balaban J connectivity index is 2.97. The molecule has 0 spiro atoms. The third-order valence-corrected chi connectivity index (χ3v) is 3.75. The Morgan fingerprint density at radius 1 is 1.32 bits per heavy atom. The van der Waals surface area contributed by atoms with Crippen LogP contribution in [0.2, 0.25) is 0 Å². The number of nitrogens with two attached hydrogens (primary N) is 1. The summed E-state index contributed by atoms with van der Waals surface area (Å²) in [6.07, 6.45) is 0.